The van der Waals surface area contributed by atoms with Crippen molar-refractivity contribution in [3.05, 3.63) is 48.3 Å². The number of para-hydroxylation sites is 1. The van der Waals surface area contributed by atoms with E-state index < -0.39 is 0 Å². The molecule has 23 heavy (non-hydrogen) atoms. The number of hydrogen-bond donors (Lipinski definition) is 1. The Kier molecular flexibility index (Phi) is 6.02. The molecule has 0 amide bonds. The monoisotopic (exact) mass is 315 g/mol. The number of nitrogens with one attached hydrogen (secondary N) is 1. The molecule has 0 bridgehead atoms. The summed E-state index contributed by atoms with van der Waals surface area (Å²) in [6, 6.07) is 9.83. The third kappa shape index (κ3) is 5.32. The predicted molar refractivity (Wildman–Crippen MR) is 92.6 cm³/mol. The third-order valence-corrected chi connectivity index (χ3v) is 3.38. The van der Waals surface area contributed by atoms with Crippen molar-refractivity contribution in [2.24, 2.45) is 12.0 Å². The first-order valence-corrected chi connectivity index (χ1v) is 7.69. The summed E-state index contributed by atoms with van der Waals surface area (Å²) in [7, 11) is 5.70. The van der Waals surface area contributed by atoms with E-state index in [9.17, 15) is 0 Å². The molecular formula is C17H25N5O. The van der Waals surface area contributed by atoms with Crippen LogP contribution in [0.1, 0.15) is 12.5 Å². The maximum absolute atomic E-state index is 5.86. The molecule has 2 rings (SSSR count). The van der Waals surface area contributed by atoms with E-state index in [2.05, 4.69) is 20.3 Å². The quantitative estimate of drug-likeness (QED) is 0.653. The van der Waals surface area contributed by atoms with Gasteiger partial charge in [-0.1, -0.05) is 18.2 Å². The molecular weight excluding hydrogens is 290 g/mol. The summed E-state index contributed by atoms with van der Waals surface area (Å²) in [6.07, 6.45) is 3.91. The van der Waals surface area contributed by atoms with Gasteiger partial charge in [0.2, 0.25) is 0 Å². The zero-order valence-electron chi connectivity index (χ0n) is 14.2. The van der Waals surface area contributed by atoms with Gasteiger partial charge in [0.05, 0.1) is 12.7 Å². The first-order chi connectivity index (χ1) is 11.1. The predicted octanol–water partition coefficient (Wildman–Crippen LogP) is 1.89. The van der Waals surface area contributed by atoms with Gasteiger partial charge in [-0.25, -0.2) is 0 Å². The van der Waals surface area contributed by atoms with Gasteiger partial charge in [0, 0.05) is 39.4 Å². The number of rotatable bonds is 6. The van der Waals surface area contributed by atoms with Crippen LogP contribution in [0.3, 0.4) is 0 Å². The van der Waals surface area contributed by atoms with Crippen LogP contribution in [0.25, 0.3) is 0 Å². The molecule has 1 N–H and O–H groups in total. The van der Waals surface area contributed by atoms with Crippen molar-refractivity contribution in [3.8, 4) is 5.75 Å². The standard InChI is InChI=1S/C17H25N5O/c1-14(23-16-8-6-5-7-9-16)10-19-17(18-2)21(3)12-15-11-20-22(4)13-15/h5-9,11,13-14H,10,12H2,1-4H3,(H,18,19). The average molecular weight is 315 g/mol. The fraction of sp³-hybridized carbons (Fsp3) is 0.412. The number of ether oxygens (including phenoxy) is 1. The Labute approximate surface area is 137 Å². The van der Waals surface area contributed by atoms with Gasteiger partial charge in [-0.05, 0) is 19.1 Å². The van der Waals surface area contributed by atoms with E-state index in [0.29, 0.717) is 6.54 Å². The highest BCUT2D eigenvalue weighted by Gasteiger charge is 2.10. The Bertz CT molecular complexity index is 623. The van der Waals surface area contributed by atoms with Crippen molar-refractivity contribution in [2.75, 3.05) is 20.6 Å². The van der Waals surface area contributed by atoms with E-state index in [0.717, 1.165) is 23.8 Å². The van der Waals surface area contributed by atoms with E-state index in [-0.39, 0.29) is 6.10 Å². The summed E-state index contributed by atoms with van der Waals surface area (Å²) >= 11 is 0. The molecule has 0 saturated heterocycles. The SMILES string of the molecule is CN=C(NCC(C)Oc1ccccc1)N(C)Cc1cnn(C)c1. The lowest BCUT2D eigenvalue weighted by Gasteiger charge is -2.23. The summed E-state index contributed by atoms with van der Waals surface area (Å²) in [4.78, 5) is 6.38. The smallest absolute Gasteiger partial charge is 0.193 e. The molecule has 1 atom stereocenters. The number of guanidine groups is 1. The molecule has 124 valence electrons. The summed E-state index contributed by atoms with van der Waals surface area (Å²) in [5.41, 5.74) is 1.14. The minimum absolute atomic E-state index is 0.0425. The van der Waals surface area contributed by atoms with Gasteiger partial charge < -0.3 is 15.0 Å². The molecule has 0 aliphatic carbocycles. The normalized spacial score (nSPS) is 12.8. The van der Waals surface area contributed by atoms with Gasteiger partial charge in [0.25, 0.3) is 0 Å². The maximum Gasteiger partial charge on any atom is 0.193 e. The molecule has 1 aromatic carbocycles. The second-order valence-corrected chi connectivity index (χ2v) is 5.55. The number of benzene rings is 1. The van der Waals surface area contributed by atoms with Crippen LogP contribution in [-0.4, -0.2) is 47.4 Å². The minimum atomic E-state index is 0.0425. The lowest BCUT2D eigenvalue weighted by molar-refractivity contribution is 0.222. The zero-order chi connectivity index (χ0) is 16.7. The highest BCUT2D eigenvalue weighted by Crippen LogP contribution is 2.10. The van der Waals surface area contributed by atoms with Crippen LogP contribution in [-0.2, 0) is 13.6 Å². The van der Waals surface area contributed by atoms with Gasteiger partial charge in [0.1, 0.15) is 11.9 Å². The number of aryl methyl sites for hydroxylation is 1. The molecule has 0 saturated carbocycles. The summed E-state index contributed by atoms with van der Waals surface area (Å²) in [6.45, 7) is 3.47. The molecule has 0 aliphatic rings. The molecule has 6 nitrogen and oxygen atoms in total. The van der Waals surface area contributed by atoms with Gasteiger partial charge in [-0.3, -0.25) is 9.67 Å². The Morgan fingerprint density at radius 1 is 1.39 bits per heavy atom. The highest BCUT2D eigenvalue weighted by atomic mass is 16.5. The van der Waals surface area contributed by atoms with Crippen LogP contribution in [0, 0.1) is 0 Å². The van der Waals surface area contributed by atoms with Crippen molar-refractivity contribution in [2.45, 2.75) is 19.6 Å². The van der Waals surface area contributed by atoms with E-state index >= 15 is 0 Å². The van der Waals surface area contributed by atoms with Crippen LogP contribution in [0.4, 0.5) is 0 Å². The Morgan fingerprint density at radius 2 is 2.13 bits per heavy atom. The summed E-state index contributed by atoms with van der Waals surface area (Å²) in [5.74, 6) is 1.71. The maximum atomic E-state index is 5.86. The van der Waals surface area contributed by atoms with E-state index in [1.807, 2.05) is 63.7 Å². The van der Waals surface area contributed by atoms with E-state index in [1.54, 1.807) is 11.7 Å². The van der Waals surface area contributed by atoms with Crippen LogP contribution in [0.15, 0.2) is 47.7 Å². The van der Waals surface area contributed by atoms with Crippen LogP contribution in [0.5, 0.6) is 5.75 Å². The second-order valence-electron chi connectivity index (χ2n) is 5.55. The number of aromatic nitrogens is 2. The number of nitrogens with zero attached hydrogens (tertiary/aromatic N) is 4. The largest absolute Gasteiger partial charge is 0.489 e. The molecule has 2 aromatic rings. The van der Waals surface area contributed by atoms with Gasteiger partial charge in [-0.15, -0.1) is 0 Å². The van der Waals surface area contributed by atoms with Crippen molar-refractivity contribution >= 4 is 5.96 Å². The Hall–Kier alpha value is -2.50. The lowest BCUT2D eigenvalue weighted by atomic mass is 10.3. The van der Waals surface area contributed by atoms with Crippen molar-refractivity contribution in [1.82, 2.24) is 20.0 Å². The molecule has 0 spiro atoms. The van der Waals surface area contributed by atoms with Gasteiger partial charge >= 0.3 is 0 Å². The minimum Gasteiger partial charge on any atom is -0.489 e. The van der Waals surface area contributed by atoms with Crippen molar-refractivity contribution < 1.29 is 4.74 Å². The molecule has 0 fully saturated rings. The Morgan fingerprint density at radius 3 is 2.74 bits per heavy atom. The van der Waals surface area contributed by atoms with Crippen LogP contribution < -0.4 is 10.1 Å². The van der Waals surface area contributed by atoms with Gasteiger partial charge in [0.15, 0.2) is 5.96 Å². The van der Waals surface area contributed by atoms with Crippen LogP contribution in [0.2, 0.25) is 0 Å². The fourth-order valence-corrected chi connectivity index (χ4v) is 2.30. The van der Waals surface area contributed by atoms with Gasteiger partial charge in [-0.2, -0.15) is 5.10 Å². The number of hydrogen-bond acceptors (Lipinski definition) is 3. The molecule has 0 aliphatic heterocycles. The van der Waals surface area contributed by atoms with E-state index in [4.69, 9.17) is 4.74 Å². The lowest BCUT2D eigenvalue weighted by Crippen LogP contribution is -2.42. The van der Waals surface area contributed by atoms with E-state index in [1.165, 1.54) is 0 Å². The first-order valence-electron chi connectivity index (χ1n) is 7.69. The summed E-state index contributed by atoms with van der Waals surface area (Å²) < 4.78 is 7.66. The summed E-state index contributed by atoms with van der Waals surface area (Å²) in [5, 5.41) is 7.53. The molecule has 1 aromatic heterocycles. The van der Waals surface area contributed by atoms with Crippen molar-refractivity contribution in [1.29, 1.82) is 0 Å². The molecule has 0 radical (unpaired) electrons. The van der Waals surface area contributed by atoms with Crippen LogP contribution >= 0.6 is 0 Å². The van der Waals surface area contributed by atoms with Crippen molar-refractivity contribution in [3.63, 3.8) is 0 Å². The average Bonchev–Trinajstić information content (AvgIpc) is 2.94. The molecule has 6 heteroatoms. The second kappa shape index (κ2) is 8.22. The zero-order valence-corrected chi connectivity index (χ0v) is 14.2. The fourth-order valence-electron chi connectivity index (χ4n) is 2.30. The third-order valence-electron chi connectivity index (χ3n) is 3.38. The molecule has 1 unspecified atom stereocenters. The first kappa shape index (κ1) is 16.9. The highest BCUT2D eigenvalue weighted by molar-refractivity contribution is 5.79. The number of aliphatic imine (C=N–C) groups is 1. The topological polar surface area (TPSA) is 54.7 Å². The Balaban J connectivity index is 1.82. The molecule has 1 heterocycles.